The standard InChI is InChI=1S/C10H15N3S/c1-4-8-9(5-11)14-10-12-6(2)7(3)13(8)10/h4-5,11H2,1-3H3. The number of fused-ring (bicyclic) bond motifs is 1. The summed E-state index contributed by atoms with van der Waals surface area (Å²) in [5.41, 5.74) is 9.39. The lowest BCUT2D eigenvalue weighted by atomic mass is 10.3. The number of nitrogens with zero attached hydrogens (tertiary/aromatic N) is 2. The molecule has 0 saturated carbocycles. The smallest absolute Gasteiger partial charge is 0.194 e. The van der Waals surface area contributed by atoms with Crippen molar-refractivity contribution < 1.29 is 0 Å². The van der Waals surface area contributed by atoms with Gasteiger partial charge in [-0.2, -0.15) is 0 Å². The highest BCUT2D eigenvalue weighted by molar-refractivity contribution is 7.17. The molecule has 0 radical (unpaired) electrons. The maximum Gasteiger partial charge on any atom is 0.194 e. The molecular weight excluding hydrogens is 194 g/mol. The van der Waals surface area contributed by atoms with Crippen LogP contribution in [0.5, 0.6) is 0 Å². The molecular formula is C10H15N3S. The van der Waals surface area contributed by atoms with E-state index in [2.05, 4.69) is 30.2 Å². The van der Waals surface area contributed by atoms with Gasteiger partial charge in [0.2, 0.25) is 0 Å². The molecule has 0 aliphatic rings. The lowest BCUT2D eigenvalue weighted by Crippen LogP contribution is -2.00. The zero-order valence-electron chi connectivity index (χ0n) is 8.79. The van der Waals surface area contributed by atoms with E-state index in [-0.39, 0.29) is 0 Å². The van der Waals surface area contributed by atoms with E-state index in [1.165, 1.54) is 16.3 Å². The average molecular weight is 209 g/mol. The highest BCUT2D eigenvalue weighted by Crippen LogP contribution is 2.25. The van der Waals surface area contributed by atoms with Crippen LogP contribution in [0.2, 0.25) is 0 Å². The van der Waals surface area contributed by atoms with E-state index in [0.717, 1.165) is 17.1 Å². The van der Waals surface area contributed by atoms with E-state index in [1.807, 2.05) is 0 Å². The Balaban J connectivity index is 2.79. The predicted octanol–water partition coefficient (Wildman–Crippen LogP) is 2.03. The summed E-state index contributed by atoms with van der Waals surface area (Å²) in [6.45, 7) is 6.95. The summed E-state index contributed by atoms with van der Waals surface area (Å²) >= 11 is 1.71. The van der Waals surface area contributed by atoms with Gasteiger partial charge in [0.25, 0.3) is 0 Å². The van der Waals surface area contributed by atoms with Gasteiger partial charge in [0, 0.05) is 22.8 Å². The van der Waals surface area contributed by atoms with Crippen LogP contribution in [0.4, 0.5) is 0 Å². The molecule has 2 rings (SSSR count). The lowest BCUT2D eigenvalue weighted by Gasteiger charge is -2.00. The van der Waals surface area contributed by atoms with E-state index in [9.17, 15) is 0 Å². The fraction of sp³-hybridized carbons (Fsp3) is 0.500. The first kappa shape index (κ1) is 9.68. The van der Waals surface area contributed by atoms with Crippen LogP contribution in [0.1, 0.15) is 28.9 Å². The topological polar surface area (TPSA) is 43.3 Å². The van der Waals surface area contributed by atoms with Gasteiger partial charge in [-0.1, -0.05) is 18.3 Å². The lowest BCUT2D eigenvalue weighted by molar-refractivity contribution is 0.926. The molecule has 3 nitrogen and oxygen atoms in total. The van der Waals surface area contributed by atoms with Crippen LogP contribution in [0.25, 0.3) is 4.96 Å². The minimum atomic E-state index is 0.621. The highest BCUT2D eigenvalue weighted by atomic mass is 32.1. The Morgan fingerprint density at radius 3 is 2.71 bits per heavy atom. The molecule has 0 amide bonds. The third-order valence-corrected chi connectivity index (χ3v) is 3.75. The van der Waals surface area contributed by atoms with Gasteiger partial charge in [-0.05, 0) is 20.3 Å². The van der Waals surface area contributed by atoms with Crippen LogP contribution in [-0.2, 0) is 13.0 Å². The molecule has 0 unspecified atom stereocenters. The van der Waals surface area contributed by atoms with E-state index in [1.54, 1.807) is 11.3 Å². The number of thiazole rings is 1. The Hall–Kier alpha value is -0.870. The van der Waals surface area contributed by atoms with Crippen molar-refractivity contribution in [2.75, 3.05) is 0 Å². The number of hydrogen-bond donors (Lipinski definition) is 1. The fourth-order valence-corrected chi connectivity index (χ4v) is 2.95. The van der Waals surface area contributed by atoms with Gasteiger partial charge in [-0.25, -0.2) is 4.98 Å². The van der Waals surface area contributed by atoms with Crippen molar-refractivity contribution in [2.45, 2.75) is 33.7 Å². The molecule has 2 aromatic heterocycles. The second-order valence-electron chi connectivity index (χ2n) is 3.43. The molecule has 0 atom stereocenters. The van der Waals surface area contributed by atoms with E-state index in [0.29, 0.717) is 6.54 Å². The van der Waals surface area contributed by atoms with Crippen molar-refractivity contribution in [2.24, 2.45) is 5.73 Å². The Kier molecular flexibility index (Phi) is 2.33. The molecule has 0 saturated heterocycles. The molecule has 76 valence electrons. The average Bonchev–Trinajstić information content (AvgIpc) is 2.65. The summed E-state index contributed by atoms with van der Waals surface area (Å²) in [5.74, 6) is 0. The summed E-state index contributed by atoms with van der Waals surface area (Å²) in [5, 5.41) is 0. The van der Waals surface area contributed by atoms with Gasteiger partial charge < -0.3 is 5.73 Å². The molecule has 0 aliphatic carbocycles. The number of rotatable bonds is 2. The monoisotopic (exact) mass is 209 g/mol. The maximum atomic E-state index is 5.71. The van der Waals surface area contributed by atoms with Crippen molar-refractivity contribution >= 4 is 16.3 Å². The van der Waals surface area contributed by atoms with Crippen LogP contribution in [0.15, 0.2) is 0 Å². The van der Waals surface area contributed by atoms with Crippen molar-refractivity contribution in [1.29, 1.82) is 0 Å². The number of hydrogen-bond acceptors (Lipinski definition) is 3. The van der Waals surface area contributed by atoms with Crippen molar-refractivity contribution in [3.8, 4) is 0 Å². The fourth-order valence-electron chi connectivity index (χ4n) is 1.77. The van der Waals surface area contributed by atoms with Crippen molar-refractivity contribution in [1.82, 2.24) is 9.38 Å². The quantitative estimate of drug-likeness (QED) is 0.822. The third-order valence-electron chi connectivity index (χ3n) is 2.64. The molecule has 4 heteroatoms. The summed E-state index contributed by atoms with van der Waals surface area (Å²) in [7, 11) is 0. The van der Waals surface area contributed by atoms with Gasteiger partial charge in [-0.15, -0.1) is 0 Å². The SMILES string of the molecule is CCc1c(CN)sc2nc(C)c(C)n12. The number of imidazole rings is 1. The van der Waals surface area contributed by atoms with E-state index < -0.39 is 0 Å². The molecule has 0 spiro atoms. The van der Waals surface area contributed by atoms with Crippen LogP contribution in [0, 0.1) is 13.8 Å². The Morgan fingerprint density at radius 2 is 2.14 bits per heavy atom. The normalized spacial score (nSPS) is 11.4. The minimum Gasteiger partial charge on any atom is -0.326 e. The zero-order valence-corrected chi connectivity index (χ0v) is 9.61. The predicted molar refractivity (Wildman–Crippen MR) is 59.8 cm³/mol. The van der Waals surface area contributed by atoms with Crippen LogP contribution in [-0.4, -0.2) is 9.38 Å². The summed E-state index contributed by atoms with van der Waals surface area (Å²) < 4.78 is 2.24. The van der Waals surface area contributed by atoms with Crippen LogP contribution < -0.4 is 5.73 Å². The number of aromatic nitrogens is 2. The zero-order chi connectivity index (χ0) is 10.3. The van der Waals surface area contributed by atoms with Crippen LogP contribution in [0.3, 0.4) is 0 Å². The van der Waals surface area contributed by atoms with Gasteiger partial charge in [0.15, 0.2) is 4.96 Å². The summed E-state index contributed by atoms with van der Waals surface area (Å²) in [4.78, 5) is 6.86. The molecule has 0 fully saturated rings. The highest BCUT2D eigenvalue weighted by Gasteiger charge is 2.14. The van der Waals surface area contributed by atoms with Gasteiger partial charge in [0.05, 0.1) is 5.69 Å². The van der Waals surface area contributed by atoms with E-state index >= 15 is 0 Å². The molecule has 2 aromatic rings. The van der Waals surface area contributed by atoms with Crippen molar-refractivity contribution in [3.63, 3.8) is 0 Å². The van der Waals surface area contributed by atoms with Crippen molar-refractivity contribution in [3.05, 3.63) is 22.0 Å². The maximum absolute atomic E-state index is 5.71. The van der Waals surface area contributed by atoms with Crippen LogP contribution >= 0.6 is 11.3 Å². The molecule has 14 heavy (non-hydrogen) atoms. The Morgan fingerprint density at radius 1 is 1.43 bits per heavy atom. The van der Waals surface area contributed by atoms with E-state index in [4.69, 9.17) is 5.73 Å². The number of aryl methyl sites for hydroxylation is 3. The second-order valence-corrected chi connectivity index (χ2v) is 4.49. The summed E-state index contributed by atoms with van der Waals surface area (Å²) in [6.07, 6.45) is 1.02. The first-order chi connectivity index (χ1) is 6.69. The van der Waals surface area contributed by atoms with Gasteiger partial charge in [-0.3, -0.25) is 4.40 Å². The minimum absolute atomic E-state index is 0.621. The molecule has 2 heterocycles. The Labute approximate surface area is 87.6 Å². The molecule has 0 aliphatic heterocycles. The molecule has 0 aromatic carbocycles. The summed E-state index contributed by atoms with van der Waals surface area (Å²) in [6, 6.07) is 0. The second kappa shape index (κ2) is 3.37. The Bertz CT molecular complexity index is 467. The first-order valence-corrected chi connectivity index (χ1v) is 5.67. The third kappa shape index (κ3) is 1.18. The first-order valence-electron chi connectivity index (χ1n) is 4.85. The largest absolute Gasteiger partial charge is 0.326 e. The molecule has 2 N–H and O–H groups in total. The number of nitrogens with two attached hydrogens (primary N) is 1. The van der Waals surface area contributed by atoms with Gasteiger partial charge >= 0.3 is 0 Å². The molecule has 0 bridgehead atoms. The van der Waals surface area contributed by atoms with Gasteiger partial charge in [0.1, 0.15) is 0 Å².